The van der Waals surface area contributed by atoms with Crippen LogP contribution in [-0.2, 0) is 13.0 Å². The van der Waals surface area contributed by atoms with Crippen LogP contribution in [0.4, 0.5) is 13.6 Å². The molecule has 2 aliphatic rings. The van der Waals surface area contributed by atoms with Crippen molar-refractivity contribution < 1.29 is 13.6 Å². The first-order valence-electron chi connectivity index (χ1n) is 13.5. The number of urea groups is 1. The fraction of sp³-hybridized carbons (Fsp3) is 0.429. The minimum atomic E-state index is -0.546. The number of pyridine rings is 1. The molecular weight excluding hydrogens is 504 g/mol. The zero-order valence-corrected chi connectivity index (χ0v) is 21.7. The third kappa shape index (κ3) is 4.59. The number of nitrogens with one attached hydrogen (secondary N) is 2. The summed E-state index contributed by atoms with van der Waals surface area (Å²) in [6.07, 6.45) is 6.46. The number of carbonyl (C=O) groups excluding carboxylic acids is 1. The lowest BCUT2D eigenvalue weighted by Crippen LogP contribution is -2.46. The highest BCUT2D eigenvalue weighted by Crippen LogP contribution is 2.36. The normalized spacial score (nSPS) is 20.1. The molecule has 2 atom stereocenters. The highest BCUT2D eigenvalue weighted by Gasteiger charge is 2.33. The van der Waals surface area contributed by atoms with Crippen molar-refractivity contribution in [2.24, 2.45) is 0 Å². The van der Waals surface area contributed by atoms with E-state index in [-0.39, 0.29) is 35.3 Å². The van der Waals surface area contributed by atoms with E-state index < -0.39 is 11.6 Å². The summed E-state index contributed by atoms with van der Waals surface area (Å²) >= 11 is 0. The Kier molecular flexibility index (Phi) is 6.66. The van der Waals surface area contributed by atoms with E-state index in [0.717, 1.165) is 17.6 Å². The maximum absolute atomic E-state index is 14.7. The van der Waals surface area contributed by atoms with Gasteiger partial charge in [0.25, 0.3) is 0 Å². The number of likely N-dealkylation sites (tertiary alicyclic amines) is 1. The van der Waals surface area contributed by atoms with Gasteiger partial charge >= 0.3 is 11.7 Å². The SMILES string of the molecule is CCc1cnc2n1C[C@H](c1c(F)cccc1F)CC[C@H]2NC(=O)N1CCC(n2c(=O)[nH]c3ncccc32)CC1. The number of hydrogen-bond acceptors (Lipinski definition) is 4. The van der Waals surface area contributed by atoms with Crippen molar-refractivity contribution in [1.82, 2.24) is 34.3 Å². The molecule has 1 fully saturated rings. The number of fused-ring (bicyclic) bond motifs is 2. The van der Waals surface area contributed by atoms with Crippen LogP contribution in [0.2, 0.25) is 0 Å². The number of aryl methyl sites for hydroxylation is 1. The predicted molar refractivity (Wildman–Crippen MR) is 141 cm³/mol. The van der Waals surface area contributed by atoms with Crippen molar-refractivity contribution in [3.63, 3.8) is 0 Å². The molecule has 0 radical (unpaired) electrons. The molecule has 3 aromatic heterocycles. The zero-order chi connectivity index (χ0) is 27.1. The van der Waals surface area contributed by atoms with Crippen molar-refractivity contribution in [2.75, 3.05) is 13.1 Å². The van der Waals surface area contributed by atoms with E-state index in [1.165, 1.54) is 18.2 Å². The predicted octanol–water partition coefficient (Wildman–Crippen LogP) is 4.43. The number of benzene rings is 1. The second kappa shape index (κ2) is 10.3. The van der Waals surface area contributed by atoms with Crippen LogP contribution in [-0.4, -0.2) is 48.1 Å². The van der Waals surface area contributed by atoms with Gasteiger partial charge in [0.05, 0.1) is 11.6 Å². The minimum absolute atomic E-state index is 0.0279. The molecule has 4 aromatic rings. The van der Waals surface area contributed by atoms with Crippen LogP contribution in [0.5, 0.6) is 0 Å². The molecule has 204 valence electrons. The molecule has 0 aliphatic carbocycles. The summed E-state index contributed by atoms with van der Waals surface area (Å²) in [5.74, 6) is -0.747. The highest BCUT2D eigenvalue weighted by atomic mass is 19.1. The van der Waals surface area contributed by atoms with Crippen molar-refractivity contribution in [2.45, 2.75) is 63.6 Å². The average Bonchev–Trinajstić information content (AvgIpc) is 3.44. The fourth-order valence-electron chi connectivity index (χ4n) is 6.17. The lowest BCUT2D eigenvalue weighted by molar-refractivity contribution is 0.167. The summed E-state index contributed by atoms with van der Waals surface area (Å²) < 4.78 is 33.1. The van der Waals surface area contributed by atoms with E-state index in [1.807, 2.05) is 17.6 Å². The summed E-state index contributed by atoms with van der Waals surface area (Å²) in [6.45, 7) is 3.42. The lowest BCUT2D eigenvalue weighted by atomic mass is 9.92. The van der Waals surface area contributed by atoms with Crippen LogP contribution < -0.4 is 11.0 Å². The molecule has 0 bridgehead atoms. The van der Waals surface area contributed by atoms with Crippen LogP contribution >= 0.6 is 0 Å². The Labute approximate surface area is 223 Å². The van der Waals surface area contributed by atoms with E-state index >= 15 is 0 Å². The first kappa shape index (κ1) is 25.3. The lowest BCUT2D eigenvalue weighted by Gasteiger charge is -2.33. The number of nitrogens with zero attached hydrogens (tertiary/aromatic N) is 5. The second-order valence-corrected chi connectivity index (χ2v) is 10.4. The number of rotatable bonds is 4. The summed E-state index contributed by atoms with van der Waals surface area (Å²) in [5.41, 5.74) is 2.20. The molecule has 5 heterocycles. The number of aromatic amines is 1. The molecule has 0 saturated carbocycles. The third-order valence-electron chi connectivity index (χ3n) is 8.16. The Morgan fingerprint density at radius 3 is 2.59 bits per heavy atom. The van der Waals surface area contributed by atoms with E-state index in [9.17, 15) is 18.4 Å². The summed E-state index contributed by atoms with van der Waals surface area (Å²) in [7, 11) is 0. The van der Waals surface area contributed by atoms with Crippen LogP contribution in [0, 0.1) is 11.6 Å². The van der Waals surface area contributed by atoms with Gasteiger partial charge in [0.2, 0.25) is 0 Å². The Hall–Kier alpha value is -4.02. The van der Waals surface area contributed by atoms with Gasteiger partial charge in [0.15, 0.2) is 5.65 Å². The van der Waals surface area contributed by atoms with Crippen LogP contribution in [0.1, 0.15) is 67.7 Å². The Balaban J connectivity index is 1.17. The van der Waals surface area contributed by atoms with Crippen LogP contribution in [0.15, 0.2) is 47.5 Å². The zero-order valence-electron chi connectivity index (χ0n) is 21.7. The highest BCUT2D eigenvalue weighted by molar-refractivity contribution is 5.75. The number of amides is 2. The number of carbonyl (C=O) groups is 1. The molecule has 11 heteroatoms. The molecule has 2 aliphatic heterocycles. The Morgan fingerprint density at radius 1 is 1.08 bits per heavy atom. The van der Waals surface area contributed by atoms with Crippen molar-refractivity contribution in [1.29, 1.82) is 0 Å². The van der Waals surface area contributed by atoms with Crippen molar-refractivity contribution in [3.05, 3.63) is 81.9 Å². The van der Waals surface area contributed by atoms with E-state index in [4.69, 9.17) is 0 Å². The van der Waals surface area contributed by atoms with Gasteiger partial charge < -0.3 is 14.8 Å². The molecular formula is C28H31F2N7O2. The van der Waals surface area contributed by atoms with Crippen molar-refractivity contribution >= 4 is 17.2 Å². The van der Waals surface area contributed by atoms with E-state index in [2.05, 4.69) is 20.3 Å². The summed E-state index contributed by atoms with van der Waals surface area (Å²) in [4.78, 5) is 39.4. The maximum atomic E-state index is 14.7. The topological polar surface area (TPSA) is 101 Å². The number of piperidine rings is 1. The average molecular weight is 536 g/mol. The van der Waals surface area contributed by atoms with Gasteiger partial charge in [0.1, 0.15) is 17.5 Å². The van der Waals surface area contributed by atoms with Gasteiger partial charge in [0, 0.05) is 55.2 Å². The molecule has 6 rings (SSSR count). The minimum Gasteiger partial charge on any atom is -0.330 e. The van der Waals surface area contributed by atoms with Gasteiger partial charge in [-0.15, -0.1) is 0 Å². The molecule has 0 unspecified atom stereocenters. The Bertz CT molecular complexity index is 1550. The fourth-order valence-corrected chi connectivity index (χ4v) is 6.17. The molecule has 39 heavy (non-hydrogen) atoms. The van der Waals surface area contributed by atoms with Crippen LogP contribution in [0.25, 0.3) is 11.2 Å². The van der Waals surface area contributed by atoms with E-state index in [0.29, 0.717) is 56.8 Å². The van der Waals surface area contributed by atoms with Gasteiger partial charge in [-0.1, -0.05) is 13.0 Å². The Morgan fingerprint density at radius 2 is 1.85 bits per heavy atom. The number of imidazole rings is 2. The first-order valence-corrected chi connectivity index (χ1v) is 13.5. The maximum Gasteiger partial charge on any atom is 0.327 e. The van der Waals surface area contributed by atoms with Gasteiger partial charge in [-0.2, -0.15) is 0 Å². The smallest absolute Gasteiger partial charge is 0.327 e. The standard InChI is InChI=1S/C28H31F2N7O2/c1-2-18-15-32-26-22(9-8-17(16-36(18)26)24-20(29)5-3-6-21(24)30)33-27(38)35-13-10-19(11-14-35)37-23-7-4-12-31-25(23)34-28(37)39/h3-7,12,15,17,19,22H,2,8-11,13-14,16H2,1H3,(H,33,38)(H,31,34,39)/t17-,22-/m1/s1. The van der Waals surface area contributed by atoms with Gasteiger partial charge in [-0.25, -0.2) is 28.3 Å². The number of aromatic nitrogens is 5. The molecule has 2 amide bonds. The number of halogens is 2. The van der Waals surface area contributed by atoms with E-state index in [1.54, 1.807) is 27.9 Å². The van der Waals surface area contributed by atoms with Gasteiger partial charge in [-0.3, -0.25) is 9.55 Å². The summed E-state index contributed by atoms with van der Waals surface area (Å²) in [6, 6.07) is 7.04. The molecule has 0 spiro atoms. The summed E-state index contributed by atoms with van der Waals surface area (Å²) in [5, 5.41) is 3.15. The monoisotopic (exact) mass is 535 g/mol. The van der Waals surface area contributed by atoms with Crippen LogP contribution in [0.3, 0.4) is 0 Å². The first-order chi connectivity index (χ1) is 18.9. The second-order valence-electron chi connectivity index (χ2n) is 10.4. The molecule has 9 nitrogen and oxygen atoms in total. The van der Waals surface area contributed by atoms with Gasteiger partial charge in [-0.05, 0) is 56.4 Å². The largest absolute Gasteiger partial charge is 0.330 e. The quantitative estimate of drug-likeness (QED) is 0.404. The molecule has 1 saturated heterocycles. The van der Waals surface area contributed by atoms with Crippen molar-refractivity contribution in [3.8, 4) is 0 Å². The molecule has 2 N–H and O–H groups in total. The number of H-pyrrole nitrogens is 1. The third-order valence-corrected chi connectivity index (χ3v) is 8.16. The molecule has 1 aromatic carbocycles. The number of hydrogen-bond donors (Lipinski definition) is 2.